The van der Waals surface area contributed by atoms with E-state index in [1.54, 1.807) is 12.4 Å². The number of nitrogens with zero attached hydrogens (tertiary/aromatic N) is 4. The van der Waals surface area contributed by atoms with Crippen molar-refractivity contribution in [3.05, 3.63) is 54.4 Å². The minimum Gasteiger partial charge on any atom is -0.323 e. The number of aromatic nitrogens is 4. The summed E-state index contributed by atoms with van der Waals surface area (Å²) in [5.74, 6) is -1.27. The Labute approximate surface area is 152 Å². The highest BCUT2D eigenvalue weighted by Crippen LogP contribution is 2.23. The maximum atomic E-state index is 13.6. The highest BCUT2D eigenvalue weighted by Gasteiger charge is 2.15. The van der Waals surface area contributed by atoms with Crippen LogP contribution in [0.2, 0.25) is 0 Å². The van der Waals surface area contributed by atoms with Crippen LogP contribution in [0.1, 0.15) is 6.92 Å². The van der Waals surface area contributed by atoms with Crippen LogP contribution in [0, 0.1) is 11.6 Å². The molecule has 3 rings (SSSR count). The Morgan fingerprint density at radius 2 is 2.12 bits per heavy atom. The second kappa shape index (κ2) is 8.05. The fourth-order valence-corrected chi connectivity index (χ4v) is 3.10. The molecule has 0 unspecified atom stereocenters. The zero-order chi connectivity index (χ0) is 18.5. The van der Waals surface area contributed by atoms with Gasteiger partial charge in [-0.3, -0.25) is 9.78 Å². The van der Waals surface area contributed by atoms with Crippen LogP contribution >= 0.6 is 11.8 Å². The molecule has 0 atom stereocenters. The summed E-state index contributed by atoms with van der Waals surface area (Å²) in [5, 5.41) is 11.3. The van der Waals surface area contributed by atoms with Crippen LogP contribution in [0.4, 0.5) is 14.5 Å². The number of halogens is 2. The van der Waals surface area contributed by atoms with Gasteiger partial charge in [-0.1, -0.05) is 11.8 Å². The van der Waals surface area contributed by atoms with Crippen LogP contribution in [0.25, 0.3) is 11.4 Å². The van der Waals surface area contributed by atoms with Gasteiger partial charge in [0.2, 0.25) is 5.91 Å². The van der Waals surface area contributed by atoms with Crippen molar-refractivity contribution < 1.29 is 13.6 Å². The van der Waals surface area contributed by atoms with E-state index >= 15 is 0 Å². The number of nitrogens with one attached hydrogen (secondary N) is 1. The van der Waals surface area contributed by atoms with Gasteiger partial charge in [0.25, 0.3) is 0 Å². The Kier molecular flexibility index (Phi) is 5.57. The summed E-state index contributed by atoms with van der Waals surface area (Å²) in [6.45, 7) is 2.56. The number of pyridine rings is 1. The molecule has 6 nitrogen and oxygen atoms in total. The number of benzene rings is 1. The van der Waals surface area contributed by atoms with E-state index in [0.29, 0.717) is 17.5 Å². The number of amides is 1. The molecular formula is C17H15F2N5OS. The van der Waals surface area contributed by atoms with Gasteiger partial charge in [0.05, 0.1) is 11.4 Å². The SMILES string of the molecule is CCn1c(SCC(=O)Nc2ccc(F)cc2F)nnc1-c1cccnc1. The molecule has 1 amide bonds. The third kappa shape index (κ3) is 4.05. The van der Waals surface area contributed by atoms with E-state index in [-0.39, 0.29) is 11.4 Å². The van der Waals surface area contributed by atoms with Crippen LogP contribution in [0.15, 0.2) is 47.9 Å². The zero-order valence-electron chi connectivity index (χ0n) is 13.8. The second-order valence-corrected chi connectivity index (χ2v) is 6.20. The van der Waals surface area contributed by atoms with Crippen LogP contribution in [0.3, 0.4) is 0 Å². The number of rotatable bonds is 6. The molecule has 1 aromatic carbocycles. The number of carbonyl (C=O) groups is 1. The number of thioether (sulfide) groups is 1. The molecular weight excluding hydrogens is 360 g/mol. The van der Waals surface area contributed by atoms with Gasteiger partial charge < -0.3 is 9.88 Å². The van der Waals surface area contributed by atoms with Crippen LogP contribution in [0.5, 0.6) is 0 Å². The van der Waals surface area contributed by atoms with Crippen LogP contribution in [-0.2, 0) is 11.3 Å². The molecule has 2 heterocycles. The van der Waals surface area contributed by atoms with Gasteiger partial charge in [0.15, 0.2) is 11.0 Å². The molecule has 0 radical (unpaired) electrons. The molecule has 1 N–H and O–H groups in total. The zero-order valence-corrected chi connectivity index (χ0v) is 14.6. The summed E-state index contributed by atoms with van der Waals surface area (Å²) in [6, 6.07) is 6.67. The van der Waals surface area contributed by atoms with Gasteiger partial charge in [-0.25, -0.2) is 8.78 Å². The first kappa shape index (κ1) is 18.0. The topological polar surface area (TPSA) is 72.7 Å². The third-order valence-electron chi connectivity index (χ3n) is 3.49. The van der Waals surface area contributed by atoms with Crippen molar-refractivity contribution in [2.45, 2.75) is 18.6 Å². The van der Waals surface area contributed by atoms with Gasteiger partial charge in [-0.15, -0.1) is 10.2 Å². The van der Waals surface area contributed by atoms with Crippen LogP contribution < -0.4 is 5.32 Å². The fraction of sp³-hybridized carbons (Fsp3) is 0.176. The molecule has 0 aliphatic rings. The van der Waals surface area contributed by atoms with Crippen molar-refractivity contribution >= 4 is 23.4 Å². The Balaban J connectivity index is 1.68. The Hall–Kier alpha value is -2.81. The quantitative estimate of drug-likeness (QED) is 0.669. The average Bonchev–Trinajstić information content (AvgIpc) is 3.06. The van der Waals surface area contributed by atoms with Gasteiger partial charge in [-0.05, 0) is 31.2 Å². The predicted octanol–water partition coefficient (Wildman–Crippen LogP) is 3.37. The normalized spacial score (nSPS) is 10.7. The molecule has 0 aliphatic carbocycles. The number of carbonyl (C=O) groups excluding carboxylic acids is 1. The molecule has 134 valence electrons. The lowest BCUT2D eigenvalue weighted by atomic mass is 10.3. The molecule has 0 bridgehead atoms. The second-order valence-electron chi connectivity index (χ2n) is 5.25. The standard InChI is InChI=1S/C17H15F2N5OS/c1-2-24-16(11-4-3-7-20-9-11)22-23-17(24)26-10-15(25)21-14-6-5-12(18)8-13(14)19/h3-9H,2,10H2,1H3,(H,21,25). The molecule has 26 heavy (non-hydrogen) atoms. The molecule has 9 heteroatoms. The van der Waals surface area contributed by atoms with Crippen molar-refractivity contribution in [2.75, 3.05) is 11.1 Å². The average molecular weight is 375 g/mol. The lowest BCUT2D eigenvalue weighted by molar-refractivity contribution is -0.113. The van der Waals surface area contributed by atoms with Gasteiger partial charge in [0, 0.05) is 30.6 Å². The molecule has 3 aromatic rings. The summed E-state index contributed by atoms with van der Waals surface area (Å²) in [5.41, 5.74) is 0.761. The maximum Gasteiger partial charge on any atom is 0.234 e. The number of anilines is 1. The van der Waals surface area contributed by atoms with E-state index in [1.165, 1.54) is 17.8 Å². The molecule has 2 aromatic heterocycles. The molecule has 0 aliphatic heterocycles. The predicted molar refractivity (Wildman–Crippen MR) is 94.6 cm³/mol. The first-order chi connectivity index (χ1) is 12.6. The van der Waals surface area contributed by atoms with E-state index in [9.17, 15) is 13.6 Å². The van der Waals surface area contributed by atoms with E-state index in [1.807, 2.05) is 23.6 Å². The monoisotopic (exact) mass is 375 g/mol. The van der Waals surface area contributed by atoms with Crippen LogP contribution in [-0.4, -0.2) is 31.4 Å². The summed E-state index contributed by atoms with van der Waals surface area (Å²) in [7, 11) is 0. The molecule has 0 spiro atoms. The van der Waals surface area contributed by atoms with E-state index in [2.05, 4.69) is 20.5 Å². The van der Waals surface area contributed by atoms with E-state index in [0.717, 1.165) is 17.7 Å². The smallest absolute Gasteiger partial charge is 0.234 e. The van der Waals surface area contributed by atoms with Gasteiger partial charge >= 0.3 is 0 Å². The molecule has 0 saturated heterocycles. The summed E-state index contributed by atoms with van der Waals surface area (Å²) in [6.07, 6.45) is 3.36. The summed E-state index contributed by atoms with van der Waals surface area (Å²) in [4.78, 5) is 16.1. The maximum absolute atomic E-state index is 13.6. The number of hydrogen-bond donors (Lipinski definition) is 1. The minimum absolute atomic E-state index is 0.0159. The molecule has 0 saturated carbocycles. The largest absolute Gasteiger partial charge is 0.323 e. The number of hydrogen-bond acceptors (Lipinski definition) is 5. The van der Waals surface area contributed by atoms with E-state index in [4.69, 9.17) is 0 Å². The summed E-state index contributed by atoms with van der Waals surface area (Å²) >= 11 is 1.18. The van der Waals surface area contributed by atoms with Crippen molar-refractivity contribution in [3.8, 4) is 11.4 Å². The highest BCUT2D eigenvalue weighted by atomic mass is 32.2. The minimum atomic E-state index is -0.820. The van der Waals surface area contributed by atoms with Crippen molar-refractivity contribution in [1.82, 2.24) is 19.7 Å². The lowest BCUT2D eigenvalue weighted by Crippen LogP contribution is -2.15. The first-order valence-electron chi connectivity index (χ1n) is 7.79. The Morgan fingerprint density at radius 3 is 2.81 bits per heavy atom. The van der Waals surface area contributed by atoms with Crippen molar-refractivity contribution in [3.63, 3.8) is 0 Å². The van der Waals surface area contributed by atoms with E-state index < -0.39 is 17.5 Å². The highest BCUT2D eigenvalue weighted by molar-refractivity contribution is 7.99. The van der Waals surface area contributed by atoms with Crippen molar-refractivity contribution in [2.24, 2.45) is 0 Å². The summed E-state index contributed by atoms with van der Waals surface area (Å²) < 4.78 is 28.4. The Morgan fingerprint density at radius 1 is 1.27 bits per heavy atom. The lowest BCUT2D eigenvalue weighted by Gasteiger charge is -2.08. The van der Waals surface area contributed by atoms with Gasteiger partial charge in [0.1, 0.15) is 11.6 Å². The third-order valence-corrected chi connectivity index (χ3v) is 4.46. The van der Waals surface area contributed by atoms with Crippen molar-refractivity contribution in [1.29, 1.82) is 0 Å². The Bertz CT molecular complexity index is 917. The first-order valence-corrected chi connectivity index (χ1v) is 8.78. The molecule has 0 fully saturated rings. The fourth-order valence-electron chi connectivity index (χ4n) is 2.30. The van der Waals surface area contributed by atoms with Gasteiger partial charge in [-0.2, -0.15) is 0 Å².